The van der Waals surface area contributed by atoms with Crippen molar-refractivity contribution >= 4 is 11.8 Å². The van der Waals surface area contributed by atoms with Crippen molar-refractivity contribution in [2.24, 2.45) is 0 Å². The van der Waals surface area contributed by atoms with Crippen molar-refractivity contribution in [3.63, 3.8) is 0 Å². The van der Waals surface area contributed by atoms with Gasteiger partial charge in [0, 0.05) is 19.3 Å². The minimum atomic E-state index is -0.543. The second kappa shape index (κ2) is 6.37. The monoisotopic (exact) mass is 273 g/mol. The molecule has 0 amide bonds. The van der Waals surface area contributed by atoms with Gasteiger partial charge in [-0.25, -0.2) is 4.79 Å². The lowest BCUT2D eigenvalue weighted by Gasteiger charge is -2.28. The number of benzene rings is 1. The van der Waals surface area contributed by atoms with Crippen molar-refractivity contribution in [3.05, 3.63) is 47.2 Å². The summed E-state index contributed by atoms with van der Waals surface area (Å²) in [6.07, 6.45) is 2.55. The Balaban J connectivity index is 2.17. The van der Waals surface area contributed by atoms with E-state index < -0.39 is 5.97 Å². The van der Waals surface area contributed by atoms with Crippen molar-refractivity contribution < 1.29 is 14.3 Å². The van der Waals surface area contributed by atoms with Crippen LogP contribution < -0.4 is 0 Å². The molecule has 0 fully saturated rings. The summed E-state index contributed by atoms with van der Waals surface area (Å²) in [5.74, 6) is -0.804. The minimum absolute atomic E-state index is 0.117. The zero-order valence-electron chi connectivity index (χ0n) is 11.9. The minimum Gasteiger partial charge on any atom is -0.462 e. The Bertz CT molecular complexity index is 548. The van der Waals surface area contributed by atoms with Crippen molar-refractivity contribution in [1.29, 1.82) is 0 Å². The number of ether oxygens (including phenoxy) is 1. The Hall–Kier alpha value is -2.10. The van der Waals surface area contributed by atoms with E-state index in [1.165, 1.54) is 18.1 Å². The van der Waals surface area contributed by atoms with Gasteiger partial charge >= 0.3 is 5.97 Å². The van der Waals surface area contributed by atoms with Crippen LogP contribution in [0.1, 0.15) is 25.0 Å². The van der Waals surface area contributed by atoms with Crippen LogP contribution in [0.15, 0.2) is 36.0 Å². The van der Waals surface area contributed by atoms with Crippen LogP contribution in [-0.4, -0.2) is 29.8 Å². The van der Waals surface area contributed by atoms with Crippen LogP contribution in [0.5, 0.6) is 0 Å². The predicted octanol–water partition coefficient (Wildman–Crippen LogP) is 2.08. The molecular formula is C16H19NO3. The highest BCUT2D eigenvalue weighted by Gasteiger charge is 2.19. The number of ketones is 1. The summed E-state index contributed by atoms with van der Waals surface area (Å²) >= 11 is 0. The SMILES string of the molecule is CCOC(=O)/C(=C\N1CCc2ccccc2C1)C(C)=O. The van der Waals surface area contributed by atoms with Gasteiger partial charge in [-0.15, -0.1) is 0 Å². The average Bonchev–Trinajstić information content (AvgIpc) is 2.44. The third-order valence-electron chi connectivity index (χ3n) is 3.35. The van der Waals surface area contributed by atoms with Crippen molar-refractivity contribution in [2.75, 3.05) is 13.2 Å². The smallest absolute Gasteiger partial charge is 0.343 e. The summed E-state index contributed by atoms with van der Waals surface area (Å²) in [6.45, 7) is 4.90. The fourth-order valence-corrected chi connectivity index (χ4v) is 2.31. The molecule has 0 radical (unpaired) electrons. The van der Waals surface area contributed by atoms with Crippen molar-refractivity contribution in [2.45, 2.75) is 26.8 Å². The van der Waals surface area contributed by atoms with Gasteiger partial charge < -0.3 is 9.64 Å². The maximum Gasteiger partial charge on any atom is 0.343 e. The van der Waals surface area contributed by atoms with E-state index in [-0.39, 0.29) is 18.0 Å². The maximum atomic E-state index is 11.8. The molecule has 2 rings (SSSR count). The molecule has 1 aromatic carbocycles. The molecule has 1 heterocycles. The van der Waals surface area contributed by atoms with Gasteiger partial charge in [0.05, 0.1) is 6.61 Å². The van der Waals surface area contributed by atoms with Gasteiger partial charge in [-0.05, 0) is 31.4 Å². The highest BCUT2D eigenvalue weighted by atomic mass is 16.5. The normalized spacial score (nSPS) is 14.7. The van der Waals surface area contributed by atoms with Crippen LogP contribution in [0.2, 0.25) is 0 Å². The number of carbonyl (C=O) groups excluding carboxylic acids is 2. The Kier molecular flexibility index (Phi) is 4.56. The number of Topliss-reactive ketones (excluding diaryl/α,β-unsaturated/α-hetero) is 1. The second-order valence-corrected chi connectivity index (χ2v) is 4.81. The third kappa shape index (κ3) is 3.26. The summed E-state index contributed by atoms with van der Waals surface area (Å²) in [6, 6.07) is 8.23. The fraction of sp³-hybridized carbons (Fsp3) is 0.375. The fourth-order valence-electron chi connectivity index (χ4n) is 2.31. The molecule has 0 atom stereocenters. The summed E-state index contributed by atoms with van der Waals surface area (Å²) < 4.78 is 4.92. The number of esters is 1. The predicted molar refractivity (Wildman–Crippen MR) is 76.0 cm³/mol. The van der Waals surface area contributed by atoms with Gasteiger partial charge in [-0.1, -0.05) is 24.3 Å². The van der Waals surface area contributed by atoms with Crippen LogP contribution in [0.25, 0.3) is 0 Å². The largest absolute Gasteiger partial charge is 0.462 e. The van der Waals surface area contributed by atoms with Crippen LogP contribution >= 0.6 is 0 Å². The molecule has 0 aliphatic carbocycles. The molecule has 0 saturated carbocycles. The molecular weight excluding hydrogens is 254 g/mol. The van der Waals surface area contributed by atoms with E-state index in [1.807, 2.05) is 17.0 Å². The van der Waals surface area contributed by atoms with E-state index in [0.29, 0.717) is 6.54 Å². The van der Waals surface area contributed by atoms with Gasteiger partial charge in [0.2, 0.25) is 0 Å². The summed E-state index contributed by atoms with van der Waals surface area (Å²) in [7, 11) is 0. The highest BCUT2D eigenvalue weighted by Crippen LogP contribution is 2.19. The van der Waals surface area contributed by atoms with Gasteiger partial charge in [-0.2, -0.15) is 0 Å². The summed E-state index contributed by atoms with van der Waals surface area (Å²) in [5.41, 5.74) is 2.69. The number of hydrogen-bond acceptors (Lipinski definition) is 4. The Morgan fingerprint density at radius 3 is 2.65 bits per heavy atom. The van der Waals surface area contributed by atoms with Crippen LogP contribution in [-0.2, 0) is 27.3 Å². The Morgan fingerprint density at radius 1 is 1.30 bits per heavy atom. The van der Waals surface area contributed by atoms with E-state index in [9.17, 15) is 9.59 Å². The van der Waals surface area contributed by atoms with Gasteiger partial charge in [0.25, 0.3) is 0 Å². The molecule has 0 bridgehead atoms. The lowest BCUT2D eigenvalue weighted by molar-refractivity contribution is -0.139. The van der Waals surface area contributed by atoms with Crippen molar-refractivity contribution in [3.8, 4) is 0 Å². The quantitative estimate of drug-likeness (QED) is 0.365. The molecule has 20 heavy (non-hydrogen) atoms. The maximum absolute atomic E-state index is 11.8. The molecule has 0 saturated heterocycles. The average molecular weight is 273 g/mol. The molecule has 1 aliphatic rings. The molecule has 1 aliphatic heterocycles. The first-order chi connectivity index (χ1) is 9.61. The zero-order valence-corrected chi connectivity index (χ0v) is 11.9. The Labute approximate surface area is 119 Å². The number of rotatable bonds is 4. The number of nitrogens with zero attached hydrogens (tertiary/aromatic N) is 1. The van der Waals surface area contributed by atoms with E-state index in [2.05, 4.69) is 12.1 Å². The highest BCUT2D eigenvalue weighted by molar-refractivity contribution is 6.16. The van der Waals surface area contributed by atoms with E-state index in [0.717, 1.165) is 13.0 Å². The first-order valence-corrected chi connectivity index (χ1v) is 6.82. The zero-order chi connectivity index (χ0) is 14.5. The number of hydrogen-bond donors (Lipinski definition) is 0. The molecule has 0 aromatic heterocycles. The molecule has 0 N–H and O–H groups in total. The molecule has 4 heteroatoms. The molecule has 0 unspecified atom stereocenters. The first kappa shape index (κ1) is 14.3. The summed E-state index contributed by atoms with van der Waals surface area (Å²) in [4.78, 5) is 25.3. The van der Waals surface area contributed by atoms with Gasteiger partial charge in [0.15, 0.2) is 5.78 Å². The van der Waals surface area contributed by atoms with E-state index in [4.69, 9.17) is 4.74 Å². The second-order valence-electron chi connectivity index (χ2n) is 4.81. The van der Waals surface area contributed by atoms with Gasteiger partial charge in [-0.3, -0.25) is 4.79 Å². The van der Waals surface area contributed by atoms with Crippen LogP contribution in [0, 0.1) is 0 Å². The lowest BCUT2D eigenvalue weighted by Crippen LogP contribution is -2.28. The number of carbonyl (C=O) groups is 2. The van der Waals surface area contributed by atoms with E-state index in [1.54, 1.807) is 13.1 Å². The van der Waals surface area contributed by atoms with E-state index >= 15 is 0 Å². The molecule has 1 aromatic rings. The third-order valence-corrected chi connectivity index (χ3v) is 3.35. The van der Waals surface area contributed by atoms with Crippen LogP contribution in [0.3, 0.4) is 0 Å². The molecule has 4 nitrogen and oxygen atoms in total. The number of fused-ring (bicyclic) bond motifs is 1. The molecule has 106 valence electrons. The van der Waals surface area contributed by atoms with Crippen molar-refractivity contribution in [1.82, 2.24) is 4.90 Å². The summed E-state index contributed by atoms with van der Waals surface area (Å²) in [5, 5.41) is 0. The Morgan fingerprint density at radius 2 is 2.00 bits per heavy atom. The van der Waals surface area contributed by atoms with Gasteiger partial charge in [0.1, 0.15) is 5.57 Å². The molecule has 0 spiro atoms. The standard InChI is InChI=1S/C16H19NO3/c1-3-20-16(19)15(12(2)18)11-17-9-8-13-6-4-5-7-14(13)10-17/h4-7,11H,3,8-10H2,1-2H3/b15-11-. The lowest BCUT2D eigenvalue weighted by atomic mass is 10.00. The topological polar surface area (TPSA) is 46.6 Å². The van der Waals surface area contributed by atoms with Crippen LogP contribution in [0.4, 0.5) is 0 Å². The first-order valence-electron chi connectivity index (χ1n) is 6.82.